The highest BCUT2D eigenvalue weighted by Crippen LogP contribution is 2.05. The Morgan fingerprint density at radius 2 is 1.94 bits per heavy atom. The van der Waals surface area contributed by atoms with E-state index < -0.39 is 12.3 Å². The fourth-order valence-electron chi connectivity index (χ4n) is 1.47. The first-order valence-corrected chi connectivity index (χ1v) is 5.26. The van der Waals surface area contributed by atoms with Crippen LogP contribution in [0.3, 0.4) is 0 Å². The van der Waals surface area contributed by atoms with Gasteiger partial charge in [0.05, 0.1) is 0 Å². The first kappa shape index (κ1) is 12.6. The smallest absolute Gasteiger partial charge is 0.315 e. The fourth-order valence-corrected chi connectivity index (χ4v) is 1.47. The Morgan fingerprint density at radius 1 is 1.31 bits per heavy atom. The number of carbonyl (C=O) groups is 1. The molecule has 1 rings (SSSR count). The lowest BCUT2D eigenvalue weighted by Gasteiger charge is -2.20. The standard InChI is InChI=1S/C12H15F2NO/c1-2-15(12(16)11(13)14)9-8-10-6-4-3-5-7-10/h3-7,11H,2,8-9H2,1H3. The Balaban J connectivity index is 2.49. The zero-order chi connectivity index (χ0) is 12.0. The van der Waals surface area contributed by atoms with E-state index in [-0.39, 0.29) is 0 Å². The largest absolute Gasteiger partial charge is 0.338 e. The minimum Gasteiger partial charge on any atom is -0.338 e. The van der Waals surface area contributed by atoms with E-state index in [0.29, 0.717) is 19.5 Å². The predicted octanol–water partition coefficient (Wildman–Crippen LogP) is 2.34. The van der Waals surface area contributed by atoms with Gasteiger partial charge < -0.3 is 4.90 Å². The Morgan fingerprint density at radius 3 is 2.44 bits per heavy atom. The van der Waals surface area contributed by atoms with E-state index in [1.807, 2.05) is 30.3 Å². The SMILES string of the molecule is CCN(CCc1ccccc1)C(=O)C(F)F. The third-order valence-corrected chi connectivity index (χ3v) is 2.39. The van der Waals surface area contributed by atoms with Crippen LogP contribution in [0.25, 0.3) is 0 Å². The van der Waals surface area contributed by atoms with E-state index in [0.717, 1.165) is 5.56 Å². The zero-order valence-electron chi connectivity index (χ0n) is 9.20. The molecule has 0 atom stereocenters. The van der Waals surface area contributed by atoms with Crippen LogP contribution >= 0.6 is 0 Å². The van der Waals surface area contributed by atoms with Gasteiger partial charge in [-0.05, 0) is 18.9 Å². The van der Waals surface area contributed by atoms with Gasteiger partial charge in [-0.3, -0.25) is 4.79 Å². The van der Waals surface area contributed by atoms with Gasteiger partial charge in [-0.2, -0.15) is 8.78 Å². The molecule has 0 saturated heterocycles. The molecule has 2 nitrogen and oxygen atoms in total. The molecule has 0 fully saturated rings. The zero-order valence-corrected chi connectivity index (χ0v) is 9.20. The van der Waals surface area contributed by atoms with Crippen molar-refractivity contribution in [1.29, 1.82) is 0 Å². The summed E-state index contributed by atoms with van der Waals surface area (Å²) >= 11 is 0. The molecule has 88 valence electrons. The number of halogens is 2. The molecule has 0 aliphatic carbocycles. The third-order valence-electron chi connectivity index (χ3n) is 2.39. The molecule has 0 saturated carbocycles. The van der Waals surface area contributed by atoms with Gasteiger partial charge in [-0.25, -0.2) is 0 Å². The lowest BCUT2D eigenvalue weighted by Crippen LogP contribution is -2.36. The van der Waals surface area contributed by atoms with Crippen molar-refractivity contribution in [3.8, 4) is 0 Å². The van der Waals surface area contributed by atoms with Gasteiger partial charge in [-0.1, -0.05) is 30.3 Å². The van der Waals surface area contributed by atoms with E-state index in [4.69, 9.17) is 0 Å². The number of amides is 1. The molecule has 1 aromatic rings. The van der Waals surface area contributed by atoms with Crippen LogP contribution in [0, 0.1) is 0 Å². The van der Waals surface area contributed by atoms with Crippen molar-refractivity contribution in [2.45, 2.75) is 19.8 Å². The molecule has 0 aliphatic rings. The molecule has 0 bridgehead atoms. The predicted molar refractivity (Wildman–Crippen MR) is 58.4 cm³/mol. The van der Waals surface area contributed by atoms with Gasteiger partial charge in [0.15, 0.2) is 0 Å². The summed E-state index contributed by atoms with van der Waals surface area (Å²) < 4.78 is 24.4. The van der Waals surface area contributed by atoms with Crippen LogP contribution in [0.1, 0.15) is 12.5 Å². The second-order valence-corrected chi connectivity index (χ2v) is 3.45. The molecule has 0 heterocycles. The van der Waals surface area contributed by atoms with E-state index in [1.165, 1.54) is 4.90 Å². The minimum absolute atomic E-state index is 0.315. The molecule has 0 aliphatic heterocycles. The number of carbonyl (C=O) groups excluding carboxylic acids is 1. The Labute approximate surface area is 93.9 Å². The number of hydrogen-bond donors (Lipinski definition) is 0. The van der Waals surface area contributed by atoms with E-state index in [1.54, 1.807) is 6.92 Å². The monoisotopic (exact) mass is 227 g/mol. The maximum Gasteiger partial charge on any atom is 0.315 e. The summed E-state index contributed by atoms with van der Waals surface area (Å²) in [5.41, 5.74) is 1.04. The van der Waals surface area contributed by atoms with Crippen LogP contribution in [0.5, 0.6) is 0 Å². The molecular formula is C12H15F2NO. The number of hydrogen-bond acceptors (Lipinski definition) is 1. The molecule has 1 aromatic carbocycles. The number of rotatable bonds is 5. The summed E-state index contributed by atoms with van der Waals surface area (Å²) in [5, 5.41) is 0. The van der Waals surface area contributed by atoms with E-state index in [9.17, 15) is 13.6 Å². The molecule has 0 N–H and O–H groups in total. The van der Waals surface area contributed by atoms with Gasteiger partial charge >= 0.3 is 6.43 Å². The summed E-state index contributed by atoms with van der Waals surface area (Å²) in [5.74, 6) is -1.08. The fraction of sp³-hybridized carbons (Fsp3) is 0.417. The molecule has 4 heteroatoms. The van der Waals surface area contributed by atoms with E-state index >= 15 is 0 Å². The van der Waals surface area contributed by atoms with Gasteiger partial charge in [0.1, 0.15) is 0 Å². The maximum absolute atomic E-state index is 12.2. The molecular weight excluding hydrogens is 212 g/mol. The molecule has 0 unspecified atom stereocenters. The molecule has 0 aromatic heterocycles. The van der Waals surface area contributed by atoms with Crippen LogP contribution in [-0.2, 0) is 11.2 Å². The van der Waals surface area contributed by atoms with Gasteiger partial charge in [-0.15, -0.1) is 0 Å². The number of alkyl halides is 2. The second-order valence-electron chi connectivity index (χ2n) is 3.45. The highest BCUT2D eigenvalue weighted by atomic mass is 19.3. The molecule has 1 amide bonds. The summed E-state index contributed by atoms with van der Waals surface area (Å²) in [4.78, 5) is 12.2. The minimum atomic E-state index is -2.91. The van der Waals surface area contributed by atoms with Crippen LogP contribution in [-0.4, -0.2) is 30.3 Å². The van der Waals surface area contributed by atoms with Crippen molar-refractivity contribution in [2.24, 2.45) is 0 Å². The van der Waals surface area contributed by atoms with Crippen LogP contribution in [0.15, 0.2) is 30.3 Å². The molecule has 0 spiro atoms. The first-order chi connectivity index (χ1) is 7.65. The third kappa shape index (κ3) is 3.61. The van der Waals surface area contributed by atoms with Gasteiger partial charge in [0.2, 0.25) is 0 Å². The normalized spacial score (nSPS) is 10.5. The lowest BCUT2D eigenvalue weighted by molar-refractivity contribution is -0.142. The average molecular weight is 227 g/mol. The van der Waals surface area contributed by atoms with Crippen molar-refractivity contribution in [1.82, 2.24) is 4.90 Å². The number of nitrogens with zero attached hydrogens (tertiary/aromatic N) is 1. The highest BCUT2D eigenvalue weighted by molar-refractivity contribution is 5.79. The Bertz CT molecular complexity index is 327. The van der Waals surface area contributed by atoms with E-state index in [2.05, 4.69) is 0 Å². The van der Waals surface area contributed by atoms with Crippen molar-refractivity contribution < 1.29 is 13.6 Å². The second kappa shape index (κ2) is 6.20. The summed E-state index contributed by atoms with van der Waals surface area (Å²) in [6.07, 6.45) is -2.30. The Hall–Kier alpha value is -1.45. The number of benzene rings is 1. The topological polar surface area (TPSA) is 20.3 Å². The lowest BCUT2D eigenvalue weighted by atomic mass is 10.1. The number of likely N-dealkylation sites (N-methyl/N-ethyl adjacent to an activating group) is 1. The van der Waals surface area contributed by atoms with Crippen molar-refractivity contribution in [3.63, 3.8) is 0 Å². The summed E-state index contributed by atoms with van der Waals surface area (Å²) in [6.45, 7) is 2.35. The van der Waals surface area contributed by atoms with Crippen molar-refractivity contribution in [2.75, 3.05) is 13.1 Å². The van der Waals surface area contributed by atoms with Crippen LogP contribution in [0.4, 0.5) is 8.78 Å². The summed E-state index contributed by atoms with van der Waals surface area (Å²) in [7, 11) is 0. The molecule has 16 heavy (non-hydrogen) atoms. The van der Waals surface area contributed by atoms with Crippen LogP contribution in [0.2, 0.25) is 0 Å². The Kier molecular flexibility index (Phi) is 4.89. The quantitative estimate of drug-likeness (QED) is 0.756. The highest BCUT2D eigenvalue weighted by Gasteiger charge is 2.21. The van der Waals surface area contributed by atoms with Crippen LogP contribution < -0.4 is 0 Å². The summed E-state index contributed by atoms with van der Waals surface area (Å²) in [6, 6.07) is 9.51. The maximum atomic E-state index is 12.2. The molecule has 0 radical (unpaired) electrons. The van der Waals surface area contributed by atoms with Gasteiger partial charge in [0, 0.05) is 13.1 Å². The van der Waals surface area contributed by atoms with Crippen molar-refractivity contribution >= 4 is 5.91 Å². The first-order valence-electron chi connectivity index (χ1n) is 5.26. The van der Waals surface area contributed by atoms with Crippen molar-refractivity contribution in [3.05, 3.63) is 35.9 Å². The average Bonchev–Trinajstić information content (AvgIpc) is 2.30. The van der Waals surface area contributed by atoms with Gasteiger partial charge in [0.25, 0.3) is 5.91 Å².